The molecule has 1 aliphatic carbocycles. The Bertz CT molecular complexity index is 486. The SMILES string of the molecule is CC(C)[C@@H]1CCCC[C@@H]1NC(=O)CS(=O)(=O)NC[C@H]1CCCO1. The van der Waals surface area contributed by atoms with E-state index < -0.39 is 21.7 Å². The summed E-state index contributed by atoms with van der Waals surface area (Å²) >= 11 is 0. The van der Waals surface area contributed by atoms with Crippen molar-refractivity contribution < 1.29 is 17.9 Å². The molecule has 6 nitrogen and oxygen atoms in total. The highest BCUT2D eigenvalue weighted by atomic mass is 32.2. The lowest BCUT2D eigenvalue weighted by molar-refractivity contribution is -0.120. The fraction of sp³-hybridized carbons (Fsp3) is 0.938. The molecule has 23 heavy (non-hydrogen) atoms. The van der Waals surface area contributed by atoms with Crippen molar-refractivity contribution in [2.45, 2.75) is 64.5 Å². The van der Waals surface area contributed by atoms with Crippen molar-refractivity contribution >= 4 is 15.9 Å². The number of ether oxygens (including phenoxy) is 1. The normalized spacial score (nSPS) is 28.9. The predicted molar refractivity (Wildman–Crippen MR) is 89.5 cm³/mol. The molecule has 0 unspecified atom stereocenters. The minimum absolute atomic E-state index is 0.0588. The van der Waals surface area contributed by atoms with Crippen molar-refractivity contribution in [1.29, 1.82) is 0 Å². The molecule has 1 amide bonds. The lowest BCUT2D eigenvalue weighted by atomic mass is 9.78. The van der Waals surface area contributed by atoms with Crippen molar-refractivity contribution in [3.05, 3.63) is 0 Å². The molecule has 2 N–H and O–H groups in total. The molecule has 1 heterocycles. The van der Waals surface area contributed by atoms with E-state index in [2.05, 4.69) is 23.9 Å². The van der Waals surface area contributed by atoms with Gasteiger partial charge in [-0.1, -0.05) is 26.7 Å². The predicted octanol–water partition coefficient (Wildman–Crippen LogP) is 1.42. The van der Waals surface area contributed by atoms with Gasteiger partial charge in [0.1, 0.15) is 5.75 Å². The summed E-state index contributed by atoms with van der Waals surface area (Å²) in [6.07, 6.45) is 6.11. The molecule has 0 radical (unpaired) electrons. The van der Waals surface area contributed by atoms with Crippen LogP contribution in [0.4, 0.5) is 0 Å². The second-order valence-electron chi connectivity index (χ2n) is 7.11. The Balaban J connectivity index is 1.80. The van der Waals surface area contributed by atoms with Crippen LogP contribution in [0.3, 0.4) is 0 Å². The Labute approximate surface area is 139 Å². The lowest BCUT2D eigenvalue weighted by Crippen LogP contribution is -2.47. The molecule has 0 aromatic carbocycles. The Kier molecular flexibility index (Phi) is 6.85. The van der Waals surface area contributed by atoms with E-state index in [1.54, 1.807) is 0 Å². The van der Waals surface area contributed by atoms with Gasteiger partial charge in [-0.15, -0.1) is 0 Å². The van der Waals surface area contributed by atoms with Gasteiger partial charge in [0, 0.05) is 19.2 Å². The zero-order chi connectivity index (χ0) is 16.9. The molecule has 7 heteroatoms. The molecule has 1 saturated heterocycles. The highest BCUT2D eigenvalue weighted by Gasteiger charge is 2.30. The van der Waals surface area contributed by atoms with Crippen LogP contribution in [0.5, 0.6) is 0 Å². The Morgan fingerprint density at radius 2 is 1.91 bits per heavy atom. The number of nitrogens with one attached hydrogen (secondary N) is 2. The summed E-state index contributed by atoms with van der Waals surface area (Å²) in [6.45, 7) is 5.27. The van der Waals surface area contributed by atoms with Crippen LogP contribution >= 0.6 is 0 Å². The minimum atomic E-state index is -3.60. The zero-order valence-corrected chi connectivity index (χ0v) is 15.0. The van der Waals surface area contributed by atoms with Gasteiger partial charge in [-0.3, -0.25) is 4.79 Å². The summed E-state index contributed by atoms with van der Waals surface area (Å²) in [7, 11) is -3.60. The molecule has 2 fully saturated rings. The second-order valence-corrected chi connectivity index (χ2v) is 8.92. The summed E-state index contributed by atoms with van der Waals surface area (Å²) in [4.78, 5) is 12.1. The summed E-state index contributed by atoms with van der Waals surface area (Å²) in [5, 5.41) is 2.95. The number of sulfonamides is 1. The standard InChI is InChI=1S/C16H30N2O4S/c1-12(2)14-7-3-4-8-15(14)18-16(19)11-23(20,21)17-10-13-6-5-9-22-13/h12-15,17H,3-11H2,1-2H3,(H,18,19)/t13-,14+,15+/m1/s1. The number of rotatable bonds is 7. The molecule has 2 rings (SSSR count). The number of hydrogen-bond donors (Lipinski definition) is 2. The van der Waals surface area contributed by atoms with Gasteiger partial charge in [-0.2, -0.15) is 0 Å². The number of amides is 1. The third kappa shape index (κ3) is 6.04. The van der Waals surface area contributed by atoms with Crippen LogP contribution in [0.1, 0.15) is 52.4 Å². The van der Waals surface area contributed by atoms with Crippen LogP contribution in [0.15, 0.2) is 0 Å². The Morgan fingerprint density at radius 3 is 2.57 bits per heavy atom. The minimum Gasteiger partial charge on any atom is -0.377 e. The van der Waals surface area contributed by atoms with Crippen LogP contribution in [-0.4, -0.2) is 45.4 Å². The monoisotopic (exact) mass is 346 g/mol. The maximum atomic E-state index is 12.1. The van der Waals surface area contributed by atoms with Gasteiger partial charge in [0.05, 0.1) is 6.10 Å². The van der Waals surface area contributed by atoms with Crippen molar-refractivity contribution in [3.8, 4) is 0 Å². The number of carbonyl (C=O) groups is 1. The average Bonchev–Trinajstić information content (AvgIpc) is 2.98. The first kappa shape index (κ1) is 18.7. The maximum absolute atomic E-state index is 12.1. The maximum Gasteiger partial charge on any atom is 0.236 e. The molecule has 2 aliphatic rings. The molecular formula is C16H30N2O4S. The van der Waals surface area contributed by atoms with Gasteiger partial charge in [-0.25, -0.2) is 13.1 Å². The zero-order valence-electron chi connectivity index (χ0n) is 14.2. The third-order valence-corrected chi connectivity index (χ3v) is 6.15. The van der Waals surface area contributed by atoms with Gasteiger partial charge in [0.25, 0.3) is 0 Å². The molecule has 3 atom stereocenters. The summed E-state index contributed by atoms with van der Waals surface area (Å²) < 4.78 is 31.9. The largest absolute Gasteiger partial charge is 0.377 e. The topological polar surface area (TPSA) is 84.5 Å². The van der Waals surface area contributed by atoms with E-state index in [1.165, 1.54) is 6.42 Å². The molecule has 134 valence electrons. The van der Waals surface area contributed by atoms with Crippen LogP contribution in [0.2, 0.25) is 0 Å². The van der Waals surface area contributed by atoms with Crippen molar-refractivity contribution in [2.75, 3.05) is 18.9 Å². The molecule has 0 aromatic heterocycles. The van der Waals surface area contributed by atoms with Gasteiger partial charge < -0.3 is 10.1 Å². The van der Waals surface area contributed by atoms with Crippen LogP contribution in [-0.2, 0) is 19.6 Å². The Hall–Kier alpha value is -0.660. The van der Waals surface area contributed by atoms with Crippen molar-refractivity contribution in [2.24, 2.45) is 11.8 Å². The van der Waals surface area contributed by atoms with Crippen molar-refractivity contribution in [1.82, 2.24) is 10.0 Å². The first-order valence-electron chi connectivity index (χ1n) is 8.75. The van der Waals surface area contributed by atoms with Gasteiger partial charge in [-0.05, 0) is 37.5 Å². The van der Waals surface area contributed by atoms with Crippen LogP contribution in [0.25, 0.3) is 0 Å². The average molecular weight is 346 g/mol. The highest BCUT2D eigenvalue weighted by molar-refractivity contribution is 7.90. The molecular weight excluding hydrogens is 316 g/mol. The fourth-order valence-electron chi connectivity index (χ4n) is 3.63. The van der Waals surface area contributed by atoms with Gasteiger partial charge in [0.15, 0.2) is 0 Å². The van der Waals surface area contributed by atoms with Crippen LogP contribution < -0.4 is 10.0 Å². The van der Waals surface area contributed by atoms with Crippen molar-refractivity contribution in [3.63, 3.8) is 0 Å². The second kappa shape index (κ2) is 8.44. The highest BCUT2D eigenvalue weighted by Crippen LogP contribution is 2.30. The molecule has 0 aromatic rings. The number of hydrogen-bond acceptors (Lipinski definition) is 4. The molecule has 1 saturated carbocycles. The van der Waals surface area contributed by atoms with E-state index in [9.17, 15) is 13.2 Å². The van der Waals surface area contributed by atoms with Gasteiger partial charge in [0.2, 0.25) is 15.9 Å². The summed E-state index contributed by atoms with van der Waals surface area (Å²) in [5.74, 6) is 0.0357. The van der Waals surface area contributed by atoms with Gasteiger partial charge >= 0.3 is 0 Å². The first-order valence-corrected chi connectivity index (χ1v) is 10.4. The molecule has 0 spiro atoms. The summed E-state index contributed by atoms with van der Waals surface area (Å²) in [6, 6.07) is 0.101. The van der Waals surface area contributed by atoms with E-state index in [0.29, 0.717) is 18.4 Å². The van der Waals surface area contributed by atoms with E-state index in [0.717, 1.165) is 32.1 Å². The number of carbonyl (C=O) groups excluding carboxylic acids is 1. The van der Waals surface area contributed by atoms with E-state index >= 15 is 0 Å². The summed E-state index contributed by atoms with van der Waals surface area (Å²) in [5.41, 5.74) is 0. The van der Waals surface area contributed by atoms with Crippen LogP contribution in [0, 0.1) is 11.8 Å². The quantitative estimate of drug-likeness (QED) is 0.730. The smallest absolute Gasteiger partial charge is 0.236 e. The fourth-order valence-corrected chi connectivity index (χ4v) is 4.60. The van der Waals surface area contributed by atoms with E-state index in [4.69, 9.17) is 4.74 Å². The van der Waals surface area contributed by atoms with E-state index in [-0.39, 0.29) is 18.7 Å². The Morgan fingerprint density at radius 1 is 1.17 bits per heavy atom. The first-order chi connectivity index (χ1) is 10.9. The van der Waals surface area contributed by atoms with E-state index in [1.807, 2.05) is 0 Å². The molecule has 1 aliphatic heterocycles. The third-order valence-electron chi connectivity index (χ3n) is 4.90. The molecule has 0 bridgehead atoms. The lowest BCUT2D eigenvalue weighted by Gasteiger charge is -2.34.